The Morgan fingerprint density at radius 1 is 1.26 bits per heavy atom. The van der Waals surface area contributed by atoms with Crippen molar-refractivity contribution in [3.8, 4) is 0 Å². The SMILES string of the molecule is NNC(Cc1cccc(F)c1)c1ccc(I)c(Cl)c1. The summed E-state index contributed by atoms with van der Waals surface area (Å²) < 4.78 is 14.2. The van der Waals surface area contributed by atoms with E-state index < -0.39 is 0 Å². The molecule has 19 heavy (non-hydrogen) atoms. The molecule has 0 bridgehead atoms. The van der Waals surface area contributed by atoms with Crippen LogP contribution in [-0.4, -0.2) is 0 Å². The summed E-state index contributed by atoms with van der Waals surface area (Å²) in [5.74, 6) is 5.35. The molecule has 0 spiro atoms. The summed E-state index contributed by atoms with van der Waals surface area (Å²) in [6, 6.07) is 12.2. The van der Waals surface area contributed by atoms with Crippen LogP contribution < -0.4 is 11.3 Å². The van der Waals surface area contributed by atoms with Gasteiger partial charge in [0.2, 0.25) is 0 Å². The zero-order valence-corrected chi connectivity index (χ0v) is 13.0. The monoisotopic (exact) mass is 390 g/mol. The second-order valence-electron chi connectivity index (χ2n) is 4.23. The highest BCUT2D eigenvalue weighted by molar-refractivity contribution is 14.1. The summed E-state index contributed by atoms with van der Waals surface area (Å²) in [6.45, 7) is 0. The van der Waals surface area contributed by atoms with E-state index in [0.717, 1.165) is 14.7 Å². The molecule has 2 aromatic carbocycles. The van der Waals surface area contributed by atoms with Crippen molar-refractivity contribution in [2.45, 2.75) is 12.5 Å². The second-order valence-corrected chi connectivity index (χ2v) is 5.80. The maximum Gasteiger partial charge on any atom is 0.123 e. The Morgan fingerprint density at radius 2 is 2.05 bits per heavy atom. The molecule has 0 aromatic heterocycles. The van der Waals surface area contributed by atoms with E-state index in [1.807, 2.05) is 24.3 Å². The van der Waals surface area contributed by atoms with Gasteiger partial charge in [0.25, 0.3) is 0 Å². The molecule has 2 rings (SSSR count). The molecule has 0 heterocycles. The number of benzene rings is 2. The van der Waals surface area contributed by atoms with Gasteiger partial charge >= 0.3 is 0 Å². The lowest BCUT2D eigenvalue weighted by Crippen LogP contribution is -2.29. The molecule has 0 radical (unpaired) electrons. The summed E-state index contributed by atoms with van der Waals surface area (Å²) in [6.07, 6.45) is 0.602. The molecule has 3 N–H and O–H groups in total. The number of hydrogen-bond donors (Lipinski definition) is 2. The van der Waals surface area contributed by atoms with E-state index in [1.54, 1.807) is 6.07 Å². The first-order chi connectivity index (χ1) is 9.10. The lowest BCUT2D eigenvalue weighted by Gasteiger charge is -2.17. The van der Waals surface area contributed by atoms with Gasteiger partial charge in [-0.05, 0) is 64.4 Å². The van der Waals surface area contributed by atoms with Gasteiger partial charge in [-0.2, -0.15) is 0 Å². The van der Waals surface area contributed by atoms with Crippen LogP contribution in [0.5, 0.6) is 0 Å². The summed E-state index contributed by atoms with van der Waals surface area (Å²) in [5.41, 5.74) is 4.62. The summed E-state index contributed by atoms with van der Waals surface area (Å²) >= 11 is 8.28. The summed E-state index contributed by atoms with van der Waals surface area (Å²) in [5, 5.41) is 0.692. The van der Waals surface area contributed by atoms with Gasteiger partial charge in [0, 0.05) is 3.57 Å². The fourth-order valence-corrected chi connectivity index (χ4v) is 2.43. The molecule has 0 aliphatic rings. The predicted octanol–water partition coefficient (Wildman–Crippen LogP) is 3.83. The fourth-order valence-electron chi connectivity index (χ4n) is 1.90. The minimum absolute atomic E-state index is 0.101. The first-order valence-electron chi connectivity index (χ1n) is 5.75. The van der Waals surface area contributed by atoms with Gasteiger partial charge in [0.15, 0.2) is 0 Å². The van der Waals surface area contributed by atoms with Crippen molar-refractivity contribution in [3.63, 3.8) is 0 Å². The smallest absolute Gasteiger partial charge is 0.123 e. The molecule has 2 nitrogen and oxygen atoms in total. The van der Waals surface area contributed by atoms with Crippen LogP contribution in [0.25, 0.3) is 0 Å². The minimum Gasteiger partial charge on any atom is -0.271 e. The third-order valence-corrected chi connectivity index (χ3v) is 4.45. The van der Waals surface area contributed by atoms with Gasteiger partial charge < -0.3 is 0 Å². The van der Waals surface area contributed by atoms with Crippen molar-refractivity contribution in [1.29, 1.82) is 0 Å². The van der Waals surface area contributed by atoms with Gasteiger partial charge in [-0.25, -0.2) is 4.39 Å². The van der Waals surface area contributed by atoms with Crippen LogP contribution in [0.15, 0.2) is 42.5 Å². The second kappa shape index (κ2) is 6.65. The highest BCUT2D eigenvalue weighted by atomic mass is 127. The van der Waals surface area contributed by atoms with Crippen molar-refractivity contribution in [3.05, 3.63) is 68.0 Å². The van der Waals surface area contributed by atoms with Crippen molar-refractivity contribution in [1.82, 2.24) is 5.43 Å². The zero-order valence-electron chi connectivity index (χ0n) is 10.0. The molecule has 0 saturated carbocycles. The van der Waals surface area contributed by atoms with Crippen LogP contribution in [0.2, 0.25) is 5.02 Å². The van der Waals surface area contributed by atoms with Gasteiger partial charge in [0.05, 0.1) is 11.1 Å². The quantitative estimate of drug-likeness (QED) is 0.473. The lowest BCUT2D eigenvalue weighted by molar-refractivity contribution is 0.548. The molecule has 0 amide bonds. The molecule has 0 aliphatic carbocycles. The summed E-state index contributed by atoms with van der Waals surface area (Å²) in [7, 11) is 0. The molecular formula is C14H13ClFIN2. The molecule has 0 fully saturated rings. The maximum absolute atomic E-state index is 13.2. The number of nitrogens with one attached hydrogen (secondary N) is 1. The van der Waals surface area contributed by atoms with Crippen LogP contribution >= 0.6 is 34.2 Å². The number of halogens is 3. The van der Waals surface area contributed by atoms with E-state index in [-0.39, 0.29) is 11.9 Å². The van der Waals surface area contributed by atoms with Crippen LogP contribution in [0.1, 0.15) is 17.2 Å². The Morgan fingerprint density at radius 3 is 2.68 bits per heavy atom. The van der Waals surface area contributed by atoms with E-state index in [2.05, 4.69) is 28.0 Å². The fraction of sp³-hybridized carbons (Fsp3) is 0.143. The number of hydrogen-bond acceptors (Lipinski definition) is 2. The van der Waals surface area contributed by atoms with Gasteiger partial charge in [-0.1, -0.05) is 29.8 Å². The standard InChI is InChI=1S/C14H13ClFIN2/c15-12-8-10(4-5-13(12)17)14(19-18)7-9-2-1-3-11(16)6-9/h1-6,8,14,19H,7,18H2. The average Bonchev–Trinajstić information content (AvgIpc) is 2.39. The van der Waals surface area contributed by atoms with E-state index in [9.17, 15) is 4.39 Å². The van der Waals surface area contributed by atoms with Crippen LogP contribution in [0, 0.1) is 9.39 Å². The van der Waals surface area contributed by atoms with E-state index in [1.165, 1.54) is 12.1 Å². The van der Waals surface area contributed by atoms with Crippen molar-refractivity contribution in [2.24, 2.45) is 5.84 Å². The van der Waals surface area contributed by atoms with E-state index in [0.29, 0.717) is 11.4 Å². The molecule has 0 aliphatic heterocycles. The molecule has 1 atom stereocenters. The van der Waals surface area contributed by atoms with Crippen molar-refractivity contribution >= 4 is 34.2 Å². The number of hydrazine groups is 1. The molecule has 100 valence electrons. The Bertz CT molecular complexity index is 577. The third-order valence-electron chi connectivity index (χ3n) is 2.88. The van der Waals surface area contributed by atoms with E-state index in [4.69, 9.17) is 17.4 Å². The zero-order chi connectivity index (χ0) is 13.8. The highest BCUT2D eigenvalue weighted by Crippen LogP contribution is 2.25. The minimum atomic E-state index is -0.242. The van der Waals surface area contributed by atoms with Crippen LogP contribution in [0.4, 0.5) is 4.39 Å². The maximum atomic E-state index is 13.2. The van der Waals surface area contributed by atoms with Gasteiger partial charge in [0.1, 0.15) is 5.82 Å². The van der Waals surface area contributed by atoms with Gasteiger partial charge in [-0.3, -0.25) is 11.3 Å². The topological polar surface area (TPSA) is 38.0 Å². The Labute approximate surface area is 130 Å². The largest absolute Gasteiger partial charge is 0.271 e. The third kappa shape index (κ3) is 3.89. The number of nitrogens with two attached hydrogens (primary N) is 1. The first kappa shape index (κ1) is 14.7. The summed E-state index contributed by atoms with van der Waals surface area (Å²) in [4.78, 5) is 0. The average molecular weight is 391 g/mol. The van der Waals surface area contributed by atoms with Crippen molar-refractivity contribution in [2.75, 3.05) is 0 Å². The molecular weight excluding hydrogens is 378 g/mol. The molecule has 2 aromatic rings. The lowest BCUT2D eigenvalue weighted by atomic mass is 9.99. The Hall–Kier alpha value is -0.690. The predicted molar refractivity (Wildman–Crippen MR) is 84.3 cm³/mol. The molecule has 1 unspecified atom stereocenters. The van der Waals surface area contributed by atoms with Crippen LogP contribution in [0.3, 0.4) is 0 Å². The normalized spacial score (nSPS) is 12.4. The van der Waals surface area contributed by atoms with Gasteiger partial charge in [-0.15, -0.1) is 0 Å². The number of rotatable bonds is 4. The van der Waals surface area contributed by atoms with E-state index >= 15 is 0 Å². The first-order valence-corrected chi connectivity index (χ1v) is 7.21. The Balaban J connectivity index is 2.22. The van der Waals surface area contributed by atoms with Crippen LogP contribution in [-0.2, 0) is 6.42 Å². The highest BCUT2D eigenvalue weighted by Gasteiger charge is 2.12. The molecule has 5 heteroatoms. The molecule has 0 saturated heterocycles. The Kier molecular flexibility index (Phi) is 5.15. The van der Waals surface area contributed by atoms with Crippen molar-refractivity contribution < 1.29 is 4.39 Å².